The highest BCUT2D eigenvalue weighted by atomic mass is 19.4. The normalized spacial score (nSPS) is 13.4. The quantitative estimate of drug-likeness (QED) is 0.901. The summed E-state index contributed by atoms with van der Waals surface area (Å²) in [5.41, 5.74) is 1.14. The second kappa shape index (κ2) is 5.71. The van der Waals surface area contributed by atoms with Crippen molar-refractivity contribution in [2.24, 2.45) is 0 Å². The number of benzene rings is 1. The first kappa shape index (κ1) is 14.7. The summed E-state index contributed by atoms with van der Waals surface area (Å²) in [6, 6.07) is 7.62. The van der Waals surface area contributed by atoms with Crippen LogP contribution in [0.2, 0.25) is 0 Å². The third kappa shape index (κ3) is 3.42. The van der Waals surface area contributed by atoms with E-state index in [9.17, 15) is 13.2 Å². The average molecular weight is 282 g/mol. The van der Waals surface area contributed by atoms with Crippen molar-refractivity contribution in [3.63, 3.8) is 0 Å². The maximum atomic E-state index is 12.6. The van der Waals surface area contributed by atoms with E-state index in [0.29, 0.717) is 12.1 Å². The van der Waals surface area contributed by atoms with Crippen LogP contribution in [0.4, 0.5) is 13.2 Å². The highest BCUT2D eigenvalue weighted by Crippen LogP contribution is 2.29. The monoisotopic (exact) mass is 282 g/mol. The summed E-state index contributed by atoms with van der Waals surface area (Å²) >= 11 is 0. The Balaban J connectivity index is 2.16. The molecule has 0 aliphatic heterocycles. The summed E-state index contributed by atoms with van der Waals surface area (Å²) in [5, 5.41) is 3.13. The molecule has 2 aromatic rings. The highest BCUT2D eigenvalue weighted by molar-refractivity contribution is 5.26. The molecule has 0 radical (unpaired) electrons. The molecular weight excluding hydrogens is 265 g/mol. The largest absolute Gasteiger partial charge is 0.416 e. The van der Waals surface area contributed by atoms with Crippen molar-refractivity contribution >= 4 is 0 Å². The number of halogens is 3. The van der Waals surface area contributed by atoms with E-state index in [2.05, 4.69) is 5.32 Å². The number of alkyl halides is 3. The van der Waals surface area contributed by atoms with Gasteiger partial charge in [-0.15, -0.1) is 0 Å². The number of nitrogens with zero attached hydrogens (tertiary/aromatic N) is 1. The van der Waals surface area contributed by atoms with Crippen LogP contribution in [0.3, 0.4) is 0 Å². The van der Waals surface area contributed by atoms with E-state index in [0.717, 1.165) is 11.6 Å². The first-order valence-electron chi connectivity index (χ1n) is 6.39. The van der Waals surface area contributed by atoms with Crippen molar-refractivity contribution in [2.45, 2.75) is 25.7 Å². The lowest BCUT2D eigenvalue weighted by molar-refractivity contribution is -0.137. The summed E-state index contributed by atoms with van der Waals surface area (Å²) < 4.78 is 39.8. The van der Waals surface area contributed by atoms with E-state index in [4.69, 9.17) is 0 Å². The van der Waals surface area contributed by atoms with Gasteiger partial charge in [0.25, 0.3) is 0 Å². The molecule has 2 rings (SSSR count). The first-order chi connectivity index (χ1) is 9.40. The molecule has 0 spiro atoms. The number of hydrogen-bond acceptors (Lipinski definition) is 1. The third-order valence-corrected chi connectivity index (χ3v) is 3.33. The van der Waals surface area contributed by atoms with Crippen LogP contribution in [0.5, 0.6) is 0 Å². The van der Waals surface area contributed by atoms with Gasteiger partial charge in [0.1, 0.15) is 0 Å². The smallest absolute Gasteiger partial charge is 0.350 e. The number of hydrogen-bond donors (Lipinski definition) is 1. The lowest BCUT2D eigenvalue weighted by Crippen LogP contribution is -2.11. The molecule has 1 aromatic heterocycles. The summed E-state index contributed by atoms with van der Waals surface area (Å²) in [7, 11) is 1.87. The van der Waals surface area contributed by atoms with Gasteiger partial charge in [0.2, 0.25) is 0 Å². The Labute approximate surface area is 116 Å². The van der Waals surface area contributed by atoms with E-state index < -0.39 is 11.7 Å². The van der Waals surface area contributed by atoms with Gasteiger partial charge in [-0.25, -0.2) is 0 Å². The summed E-state index contributed by atoms with van der Waals surface area (Å²) in [6.45, 7) is 2.46. The summed E-state index contributed by atoms with van der Waals surface area (Å²) in [6.07, 6.45) is -0.469. The second-order valence-electron chi connectivity index (χ2n) is 4.83. The SMILES string of the molecule is CNC(C)c1ccn(Cc2cccc(C(F)(F)F)c2)c1. The van der Waals surface area contributed by atoms with Crippen molar-refractivity contribution in [1.29, 1.82) is 0 Å². The molecule has 2 nitrogen and oxygen atoms in total. The van der Waals surface area contributed by atoms with Crippen LogP contribution in [-0.2, 0) is 12.7 Å². The van der Waals surface area contributed by atoms with Crippen molar-refractivity contribution in [3.05, 3.63) is 59.4 Å². The predicted octanol–water partition coefficient (Wildman–Crippen LogP) is 3.84. The van der Waals surface area contributed by atoms with Crippen molar-refractivity contribution in [3.8, 4) is 0 Å². The Morgan fingerprint density at radius 3 is 2.65 bits per heavy atom. The van der Waals surface area contributed by atoms with Gasteiger partial charge in [-0.05, 0) is 43.3 Å². The molecule has 1 aromatic carbocycles. The molecule has 0 amide bonds. The number of nitrogens with one attached hydrogen (secondary N) is 1. The van der Waals surface area contributed by atoms with Crippen molar-refractivity contribution < 1.29 is 13.2 Å². The van der Waals surface area contributed by atoms with Crippen LogP contribution in [0.1, 0.15) is 29.7 Å². The van der Waals surface area contributed by atoms with E-state index in [1.165, 1.54) is 12.1 Å². The van der Waals surface area contributed by atoms with Crippen molar-refractivity contribution in [1.82, 2.24) is 9.88 Å². The zero-order valence-corrected chi connectivity index (χ0v) is 11.4. The standard InChI is InChI=1S/C15H17F3N2/c1-11(19-2)13-6-7-20(10-13)9-12-4-3-5-14(8-12)15(16,17)18/h3-8,10-11,19H,9H2,1-2H3. The molecule has 0 saturated heterocycles. The lowest BCUT2D eigenvalue weighted by atomic mass is 10.1. The molecule has 1 N–H and O–H groups in total. The third-order valence-electron chi connectivity index (χ3n) is 3.33. The van der Waals surface area contributed by atoms with Gasteiger partial charge in [-0.1, -0.05) is 12.1 Å². The zero-order valence-electron chi connectivity index (χ0n) is 11.4. The van der Waals surface area contributed by atoms with Crippen molar-refractivity contribution in [2.75, 3.05) is 7.05 Å². The van der Waals surface area contributed by atoms with E-state index in [1.807, 2.05) is 37.0 Å². The van der Waals surface area contributed by atoms with Gasteiger partial charge >= 0.3 is 6.18 Å². The molecule has 108 valence electrons. The van der Waals surface area contributed by atoms with Crippen LogP contribution in [0.25, 0.3) is 0 Å². The van der Waals surface area contributed by atoms with Crippen LogP contribution in [0.15, 0.2) is 42.7 Å². The minimum atomic E-state index is -4.29. The first-order valence-corrected chi connectivity index (χ1v) is 6.39. The molecule has 5 heteroatoms. The molecule has 0 aliphatic carbocycles. The Kier molecular flexibility index (Phi) is 4.18. The molecule has 1 unspecified atom stereocenters. The number of aromatic nitrogens is 1. The molecule has 0 aliphatic rings. The molecule has 0 saturated carbocycles. The van der Waals surface area contributed by atoms with E-state index in [1.54, 1.807) is 6.07 Å². The van der Waals surface area contributed by atoms with E-state index >= 15 is 0 Å². The molecular formula is C15H17F3N2. The van der Waals surface area contributed by atoms with Gasteiger partial charge < -0.3 is 9.88 Å². The van der Waals surface area contributed by atoms with Gasteiger partial charge in [-0.3, -0.25) is 0 Å². The van der Waals surface area contributed by atoms with Gasteiger partial charge in [0.05, 0.1) is 5.56 Å². The van der Waals surface area contributed by atoms with Crippen LogP contribution < -0.4 is 5.32 Å². The van der Waals surface area contributed by atoms with Crippen LogP contribution in [-0.4, -0.2) is 11.6 Å². The highest BCUT2D eigenvalue weighted by Gasteiger charge is 2.30. The minimum Gasteiger partial charge on any atom is -0.350 e. The summed E-state index contributed by atoms with van der Waals surface area (Å²) in [4.78, 5) is 0. The minimum absolute atomic E-state index is 0.220. The Morgan fingerprint density at radius 1 is 1.25 bits per heavy atom. The van der Waals surface area contributed by atoms with Gasteiger partial charge in [-0.2, -0.15) is 13.2 Å². The molecule has 20 heavy (non-hydrogen) atoms. The molecule has 1 atom stereocenters. The second-order valence-corrected chi connectivity index (χ2v) is 4.83. The fourth-order valence-electron chi connectivity index (χ4n) is 2.04. The fourth-order valence-corrected chi connectivity index (χ4v) is 2.04. The van der Waals surface area contributed by atoms with E-state index in [-0.39, 0.29) is 6.04 Å². The molecule has 0 fully saturated rings. The molecule has 1 heterocycles. The fraction of sp³-hybridized carbons (Fsp3) is 0.333. The van der Waals surface area contributed by atoms with Crippen LogP contribution >= 0.6 is 0 Å². The Hall–Kier alpha value is -1.75. The molecule has 0 bridgehead atoms. The zero-order chi connectivity index (χ0) is 14.8. The Bertz CT molecular complexity index is 572. The van der Waals surface area contributed by atoms with Gasteiger partial charge in [0, 0.05) is 25.0 Å². The topological polar surface area (TPSA) is 17.0 Å². The average Bonchev–Trinajstić information content (AvgIpc) is 2.85. The summed E-state index contributed by atoms with van der Waals surface area (Å²) in [5.74, 6) is 0. The van der Waals surface area contributed by atoms with Crippen LogP contribution in [0, 0.1) is 0 Å². The predicted molar refractivity (Wildman–Crippen MR) is 72.5 cm³/mol. The number of rotatable bonds is 4. The maximum Gasteiger partial charge on any atom is 0.416 e. The maximum absolute atomic E-state index is 12.6. The van der Waals surface area contributed by atoms with Gasteiger partial charge in [0.15, 0.2) is 0 Å². The Morgan fingerprint density at radius 2 is 2.00 bits per heavy atom. The lowest BCUT2D eigenvalue weighted by Gasteiger charge is -2.10.